The van der Waals surface area contributed by atoms with Gasteiger partial charge in [-0.2, -0.15) is 0 Å². The van der Waals surface area contributed by atoms with Crippen molar-refractivity contribution in [2.45, 2.75) is 17.6 Å². The molecule has 0 aromatic heterocycles. The molecular formula is C51H36N2O. The maximum atomic E-state index is 6.55. The molecule has 3 nitrogen and oxygen atoms in total. The van der Waals surface area contributed by atoms with Crippen LogP contribution in [0.2, 0.25) is 0 Å². The van der Waals surface area contributed by atoms with E-state index in [2.05, 4.69) is 205 Å². The van der Waals surface area contributed by atoms with Gasteiger partial charge in [0.05, 0.1) is 11.5 Å². The van der Waals surface area contributed by atoms with E-state index in [1.54, 1.807) is 0 Å². The minimum absolute atomic E-state index is 0.0241. The number of para-hydroxylation sites is 3. The molecule has 2 atom stereocenters. The second kappa shape index (κ2) is 12.2. The smallest absolute Gasteiger partial charge is 0.132 e. The molecule has 8 aromatic rings. The molecule has 0 radical (unpaired) electrons. The molecule has 0 saturated carbocycles. The second-order valence-electron chi connectivity index (χ2n) is 14.5. The fourth-order valence-electron chi connectivity index (χ4n) is 9.29. The van der Waals surface area contributed by atoms with Crippen molar-refractivity contribution in [1.29, 1.82) is 0 Å². The normalized spacial score (nSPS) is 16.9. The lowest BCUT2D eigenvalue weighted by molar-refractivity contribution is 0.436. The van der Waals surface area contributed by atoms with Gasteiger partial charge in [-0.3, -0.25) is 5.32 Å². The summed E-state index contributed by atoms with van der Waals surface area (Å²) in [6, 6.07) is 70.3. The molecule has 2 heterocycles. The Labute approximate surface area is 315 Å². The van der Waals surface area contributed by atoms with Crippen molar-refractivity contribution in [2.24, 2.45) is 0 Å². The summed E-state index contributed by atoms with van der Waals surface area (Å²) in [6.45, 7) is 0. The zero-order valence-electron chi connectivity index (χ0n) is 29.5. The molecule has 0 saturated heterocycles. The molecule has 2 aliphatic heterocycles. The first-order chi connectivity index (χ1) is 26.8. The Hall–Kier alpha value is -6.68. The van der Waals surface area contributed by atoms with Crippen LogP contribution in [0.3, 0.4) is 0 Å². The molecule has 0 amide bonds. The van der Waals surface area contributed by atoms with E-state index >= 15 is 0 Å². The lowest BCUT2D eigenvalue weighted by Crippen LogP contribution is -2.37. The van der Waals surface area contributed by atoms with Gasteiger partial charge in [-0.1, -0.05) is 176 Å². The van der Waals surface area contributed by atoms with E-state index in [0.29, 0.717) is 0 Å². The third-order valence-corrected chi connectivity index (χ3v) is 11.7. The molecule has 2 unspecified atom stereocenters. The summed E-state index contributed by atoms with van der Waals surface area (Å²) in [6.07, 6.45) is -0.0373. The van der Waals surface area contributed by atoms with Gasteiger partial charge < -0.3 is 10.1 Å². The van der Waals surface area contributed by atoms with Crippen LogP contribution in [-0.4, -0.2) is 0 Å². The van der Waals surface area contributed by atoms with Gasteiger partial charge in [-0.25, -0.2) is 0 Å². The summed E-state index contributed by atoms with van der Waals surface area (Å²) in [5, 5.41) is 7.72. The zero-order valence-corrected chi connectivity index (χ0v) is 29.5. The van der Waals surface area contributed by atoms with Gasteiger partial charge in [0.1, 0.15) is 17.7 Å². The number of benzene rings is 8. The number of hydrogen-bond acceptors (Lipinski definition) is 3. The van der Waals surface area contributed by atoms with Crippen molar-refractivity contribution in [1.82, 2.24) is 5.32 Å². The first-order valence-corrected chi connectivity index (χ1v) is 18.7. The number of fused-ring (bicyclic) bond motifs is 10. The first-order valence-electron chi connectivity index (χ1n) is 18.7. The predicted octanol–water partition coefficient (Wildman–Crippen LogP) is 12.3. The monoisotopic (exact) mass is 692 g/mol. The summed E-state index contributed by atoms with van der Waals surface area (Å²) >= 11 is 0. The quantitative estimate of drug-likeness (QED) is 0.193. The van der Waals surface area contributed by atoms with E-state index in [1.807, 2.05) is 0 Å². The molecule has 1 spiro atoms. The number of ether oxygens (including phenoxy) is 1. The summed E-state index contributed by atoms with van der Waals surface area (Å²) in [5.74, 6) is 1.82. The Kier molecular flexibility index (Phi) is 6.98. The van der Waals surface area contributed by atoms with Crippen LogP contribution < -0.4 is 15.4 Å². The molecule has 1 aliphatic carbocycles. The van der Waals surface area contributed by atoms with Crippen molar-refractivity contribution < 1.29 is 4.74 Å². The molecule has 3 heteroatoms. The number of hydrogen-bond donors (Lipinski definition) is 2. The summed E-state index contributed by atoms with van der Waals surface area (Å²) in [4.78, 5) is 0. The van der Waals surface area contributed by atoms with E-state index in [4.69, 9.17) is 4.74 Å². The van der Waals surface area contributed by atoms with Crippen molar-refractivity contribution in [2.75, 3.05) is 5.32 Å². The third-order valence-electron chi connectivity index (χ3n) is 11.7. The van der Waals surface area contributed by atoms with Crippen LogP contribution in [0.25, 0.3) is 33.4 Å². The maximum absolute atomic E-state index is 6.55. The van der Waals surface area contributed by atoms with Gasteiger partial charge in [-0.15, -0.1) is 0 Å². The highest BCUT2D eigenvalue weighted by molar-refractivity contribution is 5.96. The molecule has 54 heavy (non-hydrogen) atoms. The van der Waals surface area contributed by atoms with Gasteiger partial charge in [-0.05, 0) is 79.4 Å². The van der Waals surface area contributed by atoms with E-state index < -0.39 is 5.41 Å². The molecule has 11 rings (SSSR count). The number of anilines is 1. The Morgan fingerprint density at radius 2 is 0.963 bits per heavy atom. The topological polar surface area (TPSA) is 33.3 Å². The molecule has 8 aromatic carbocycles. The highest BCUT2D eigenvalue weighted by Crippen LogP contribution is 2.63. The summed E-state index contributed by atoms with van der Waals surface area (Å²) in [7, 11) is 0. The van der Waals surface area contributed by atoms with Crippen LogP contribution in [-0.2, 0) is 5.41 Å². The minimum atomic E-state index is -0.482. The molecule has 0 bridgehead atoms. The predicted molar refractivity (Wildman–Crippen MR) is 219 cm³/mol. The highest BCUT2D eigenvalue weighted by Gasteiger charge is 2.51. The Morgan fingerprint density at radius 1 is 0.407 bits per heavy atom. The van der Waals surface area contributed by atoms with Crippen LogP contribution >= 0.6 is 0 Å². The number of nitrogens with one attached hydrogen (secondary N) is 2. The lowest BCUT2D eigenvalue weighted by Gasteiger charge is -2.39. The highest BCUT2D eigenvalue weighted by atomic mass is 16.5. The largest absolute Gasteiger partial charge is 0.457 e. The van der Waals surface area contributed by atoms with Gasteiger partial charge >= 0.3 is 0 Å². The fourth-order valence-corrected chi connectivity index (χ4v) is 9.29. The van der Waals surface area contributed by atoms with Crippen LogP contribution in [0.15, 0.2) is 194 Å². The van der Waals surface area contributed by atoms with Crippen LogP contribution in [0, 0.1) is 0 Å². The van der Waals surface area contributed by atoms with Gasteiger partial charge in [0, 0.05) is 16.8 Å². The molecular weight excluding hydrogens is 657 g/mol. The Morgan fingerprint density at radius 3 is 1.72 bits per heavy atom. The van der Waals surface area contributed by atoms with Crippen LogP contribution in [0.4, 0.5) is 5.69 Å². The van der Waals surface area contributed by atoms with Crippen molar-refractivity contribution in [3.63, 3.8) is 0 Å². The third kappa shape index (κ3) is 4.59. The summed E-state index contributed by atoms with van der Waals surface area (Å²) < 4.78 is 6.55. The van der Waals surface area contributed by atoms with Crippen molar-refractivity contribution in [3.05, 3.63) is 233 Å². The van der Waals surface area contributed by atoms with E-state index in [9.17, 15) is 0 Å². The average molecular weight is 693 g/mol. The van der Waals surface area contributed by atoms with Crippen molar-refractivity contribution in [3.8, 4) is 44.9 Å². The first kappa shape index (κ1) is 30.9. The van der Waals surface area contributed by atoms with Gasteiger partial charge in [0.15, 0.2) is 0 Å². The van der Waals surface area contributed by atoms with Crippen LogP contribution in [0.5, 0.6) is 11.5 Å². The Bertz CT molecular complexity index is 2650. The molecule has 3 aliphatic rings. The number of rotatable bonds is 4. The van der Waals surface area contributed by atoms with E-state index in [1.165, 1.54) is 72.3 Å². The lowest BCUT2D eigenvalue weighted by atomic mass is 9.66. The standard InChI is InChI=1S/C51H36N2O/c1-2-13-33(14-3-1)34-25-31-37(32-26-34)50-52-45-22-9-5-16-40(45)49(53-50)36-29-27-35(28-30-36)38-17-12-21-44-48(38)39-15-4-6-18-41(39)51(44)42-19-7-10-23-46(42)54-47-24-11-8-20-43(47)51/h1-32,49-50,52-53H. The maximum Gasteiger partial charge on any atom is 0.132 e. The molecule has 2 N–H and O–H groups in total. The Balaban J connectivity index is 0.995. The van der Waals surface area contributed by atoms with Gasteiger partial charge in [0.25, 0.3) is 0 Å². The minimum Gasteiger partial charge on any atom is -0.457 e. The average Bonchev–Trinajstić information content (AvgIpc) is 3.54. The second-order valence-corrected chi connectivity index (χ2v) is 14.5. The van der Waals surface area contributed by atoms with Crippen LogP contribution in [0.1, 0.15) is 51.2 Å². The zero-order chi connectivity index (χ0) is 35.6. The fraction of sp³-hybridized carbons (Fsp3) is 0.0588. The SMILES string of the molecule is c1ccc(-c2ccc(C3Nc4ccccc4C(c4ccc(-c5cccc6c5-c5ccccc5C65c6ccccc6Oc6ccccc65)cc4)N3)cc2)cc1. The van der Waals surface area contributed by atoms with Crippen molar-refractivity contribution >= 4 is 5.69 Å². The van der Waals surface area contributed by atoms with E-state index in [0.717, 1.165) is 17.2 Å². The molecule has 256 valence electrons. The summed E-state index contributed by atoms with van der Waals surface area (Å²) in [5.41, 5.74) is 16.7. The van der Waals surface area contributed by atoms with E-state index in [-0.39, 0.29) is 12.2 Å². The molecule has 0 fully saturated rings. The van der Waals surface area contributed by atoms with Gasteiger partial charge in [0.2, 0.25) is 0 Å².